The number of hydrogen-bond acceptors (Lipinski definition) is 2. The zero-order valence-electron chi connectivity index (χ0n) is 13.0. The molecule has 0 bridgehead atoms. The van der Waals surface area contributed by atoms with Gasteiger partial charge in [-0.25, -0.2) is 0 Å². The Bertz CT molecular complexity index is 433. The Labute approximate surface area is 116 Å². The summed E-state index contributed by atoms with van der Waals surface area (Å²) in [6.07, 6.45) is 0.958. The summed E-state index contributed by atoms with van der Waals surface area (Å²) in [6, 6.07) is 0.325. The van der Waals surface area contributed by atoms with E-state index in [0.29, 0.717) is 6.04 Å². The van der Waals surface area contributed by atoms with Crippen LogP contribution in [0.15, 0.2) is 4.99 Å². The molecule has 5 heteroatoms. The Balaban J connectivity index is 2.68. The second kappa shape index (κ2) is 7.16. The average Bonchev–Trinajstić information content (AvgIpc) is 2.57. The number of aryl methyl sites for hydroxylation is 2. The van der Waals surface area contributed by atoms with E-state index in [1.807, 2.05) is 18.7 Å². The van der Waals surface area contributed by atoms with Gasteiger partial charge in [-0.1, -0.05) is 0 Å². The molecule has 0 saturated carbocycles. The van der Waals surface area contributed by atoms with Crippen LogP contribution in [0, 0.1) is 13.8 Å². The van der Waals surface area contributed by atoms with Gasteiger partial charge in [-0.05, 0) is 46.6 Å². The zero-order valence-corrected chi connectivity index (χ0v) is 13.0. The average molecular weight is 265 g/mol. The van der Waals surface area contributed by atoms with Crippen molar-refractivity contribution >= 4 is 5.96 Å². The molecule has 1 atom stereocenters. The normalized spacial score (nSPS) is 13.5. The fourth-order valence-electron chi connectivity index (χ4n) is 2.18. The molecule has 0 aliphatic carbocycles. The van der Waals surface area contributed by atoms with Crippen molar-refractivity contribution in [3.8, 4) is 0 Å². The molecule has 0 aromatic carbocycles. The van der Waals surface area contributed by atoms with Crippen molar-refractivity contribution in [3.63, 3.8) is 0 Å². The van der Waals surface area contributed by atoms with Crippen molar-refractivity contribution in [3.05, 3.63) is 17.0 Å². The van der Waals surface area contributed by atoms with Gasteiger partial charge in [0.1, 0.15) is 0 Å². The molecule has 0 spiro atoms. The maximum Gasteiger partial charge on any atom is 0.191 e. The summed E-state index contributed by atoms with van der Waals surface area (Å²) >= 11 is 0. The fourth-order valence-corrected chi connectivity index (χ4v) is 2.18. The second-order valence-corrected chi connectivity index (χ2v) is 4.88. The van der Waals surface area contributed by atoms with Gasteiger partial charge in [0.05, 0.1) is 5.69 Å². The number of guanidine groups is 1. The lowest BCUT2D eigenvalue weighted by atomic mass is 10.1. The SMILES string of the molecule is CCN=C(NCC)NC(C)Cc1c(C)nn(C)c1C. The third kappa shape index (κ3) is 4.26. The van der Waals surface area contributed by atoms with Crippen molar-refractivity contribution in [2.75, 3.05) is 13.1 Å². The smallest absolute Gasteiger partial charge is 0.191 e. The van der Waals surface area contributed by atoms with Crippen molar-refractivity contribution < 1.29 is 0 Å². The van der Waals surface area contributed by atoms with Crippen LogP contribution in [0.5, 0.6) is 0 Å². The molecule has 2 N–H and O–H groups in total. The van der Waals surface area contributed by atoms with Crippen LogP contribution in [0.25, 0.3) is 0 Å². The molecular formula is C14H27N5. The minimum Gasteiger partial charge on any atom is -0.357 e. The molecule has 19 heavy (non-hydrogen) atoms. The highest BCUT2D eigenvalue weighted by molar-refractivity contribution is 5.80. The highest BCUT2D eigenvalue weighted by Gasteiger charge is 2.13. The Morgan fingerprint density at radius 3 is 2.53 bits per heavy atom. The molecule has 1 aromatic rings. The summed E-state index contributed by atoms with van der Waals surface area (Å²) in [7, 11) is 1.99. The molecule has 0 aliphatic heterocycles. The first-order valence-electron chi connectivity index (χ1n) is 7.03. The second-order valence-electron chi connectivity index (χ2n) is 4.88. The summed E-state index contributed by atoms with van der Waals surface area (Å²) in [5, 5.41) is 11.1. The van der Waals surface area contributed by atoms with Crippen molar-refractivity contribution in [1.29, 1.82) is 0 Å². The molecule has 0 fully saturated rings. The molecule has 0 amide bonds. The molecule has 1 unspecified atom stereocenters. The van der Waals surface area contributed by atoms with Crippen molar-refractivity contribution in [1.82, 2.24) is 20.4 Å². The monoisotopic (exact) mass is 265 g/mol. The Kier molecular flexibility index (Phi) is 5.86. The Hall–Kier alpha value is -1.52. The van der Waals surface area contributed by atoms with Crippen LogP contribution in [0.2, 0.25) is 0 Å². The molecule has 0 aliphatic rings. The fraction of sp³-hybridized carbons (Fsp3) is 0.714. The van der Waals surface area contributed by atoms with E-state index in [1.54, 1.807) is 0 Å². The van der Waals surface area contributed by atoms with E-state index in [2.05, 4.69) is 48.4 Å². The highest BCUT2D eigenvalue weighted by atomic mass is 15.3. The van der Waals surface area contributed by atoms with E-state index >= 15 is 0 Å². The van der Waals surface area contributed by atoms with Crippen LogP contribution in [-0.2, 0) is 13.5 Å². The van der Waals surface area contributed by atoms with E-state index in [1.165, 1.54) is 11.3 Å². The maximum absolute atomic E-state index is 4.46. The predicted octanol–water partition coefficient (Wildman–Crippen LogP) is 1.54. The van der Waals surface area contributed by atoms with Gasteiger partial charge in [-0.15, -0.1) is 0 Å². The van der Waals surface area contributed by atoms with E-state index in [-0.39, 0.29) is 0 Å². The van der Waals surface area contributed by atoms with Crippen LogP contribution < -0.4 is 10.6 Å². The lowest BCUT2D eigenvalue weighted by molar-refractivity contribution is 0.636. The number of aromatic nitrogens is 2. The van der Waals surface area contributed by atoms with Gasteiger partial charge in [0.15, 0.2) is 5.96 Å². The summed E-state index contributed by atoms with van der Waals surface area (Å²) in [6.45, 7) is 12.1. The first-order valence-corrected chi connectivity index (χ1v) is 7.03. The maximum atomic E-state index is 4.46. The Morgan fingerprint density at radius 2 is 2.05 bits per heavy atom. The molecule has 5 nitrogen and oxygen atoms in total. The van der Waals surface area contributed by atoms with Gasteiger partial charge in [-0.2, -0.15) is 5.10 Å². The third-order valence-corrected chi connectivity index (χ3v) is 3.21. The largest absolute Gasteiger partial charge is 0.357 e. The highest BCUT2D eigenvalue weighted by Crippen LogP contribution is 2.13. The van der Waals surface area contributed by atoms with Crippen LogP contribution in [0.1, 0.15) is 37.7 Å². The predicted molar refractivity (Wildman–Crippen MR) is 80.6 cm³/mol. The van der Waals surface area contributed by atoms with E-state index in [9.17, 15) is 0 Å². The number of rotatable bonds is 5. The number of nitrogens with one attached hydrogen (secondary N) is 2. The molecule has 108 valence electrons. The van der Waals surface area contributed by atoms with Crippen molar-refractivity contribution in [2.45, 2.75) is 47.1 Å². The van der Waals surface area contributed by atoms with Gasteiger partial charge in [0, 0.05) is 31.9 Å². The number of hydrogen-bond donors (Lipinski definition) is 2. The summed E-state index contributed by atoms with van der Waals surface area (Å²) in [5.74, 6) is 0.886. The molecular weight excluding hydrogens is 238 g/mol. The minimum absolute atomic E-state index is 0.325. The first kappa shape index (κ1) is 15.5. The first-order chi connectivity index (χ1) is 8.99. The lowest BCUT2D eigenvalue weighted by Crippen LogP contribution is -2.43. The van der Waals surface area contributed by atoms with Crippen LogP contribution in [0.3, 0.4) is 0 Å². The van der Waals surface area contributed by atoms with Crippen LogP contribution in [0.4, 0.5) is 0 Å². The molecule has 1 rings (SSSR count). The minimum atomic E-state index is 0.325. The number of aliphatic imine (C=N–C) groups is 1. The van der Waals surface area contributed by atoms with Crippen LogP contribution in [-0.4, -0.2) is 34.9 Å². The van der Waals surface area contributed by atoms with Crippen molar-refractivity contribution in [2.24, 2.45) is 12.0 Å². The van der Waals surface area contributed by atoms with Gasteiger partial charge in [-0.3, -0.25) is 9.67 Å². The van der Waals surface area contributed by atoms with Gasteiger partial charge in [0.2, 0.25) is 0 Å². The molecule has 0 saturated heterocycles. The summed E-state index contributed by atoms with van der Waals surface area (Å²) in [4.78, 5) is 4.42. The van der Waals surface area contributed by atoms with E-state index in [4.69, 9.17) is 0 Å². The molecule has 0 radical (unpaired) electrons. The number of nitrogens with zero attached hydrogens (tertiary/aromatic N) is 3. The lowest BCUT2D eigenvalue weighted by Gasteiger charge is -2.18. The third-order valence-electron chi connectivity index (χ3n) is 3.21. The van der Waals surface area contributed by atoms with Gasteiger partial charge in [0.25, 0.3) is 0 Å². The topological polar surface area (TPSA) is 54.2 Å². The summed E-state index contributed by atoms with van der Waals surface area (Å²) < 4.78 is 1.95. The van der Waals surface area contributed by atoms with E-state index in [0.717, 1.165) is 31.2 Å². The van der Waals surface area contributed by atoms with Gasteiger partial charge >= 0.3 is 0 Å². The Morgan fingerprint density at radius 1 is 1.37 bits per heavy atom. The quantitative estimate of drug-likeness (QED) is 0.627. The van der Waals surface area contributed by atoms with E-state index < -0.39 is 0 Å². The van der Waals surface area contributed by atoms with Gasteiger partial charge < -0.3 is 10.6 Å². The zero-order chi connectivity index (χ0) is 14.4. The molecule has 1 aromatic heterocycles. The summed E-state index contributed by atoms with van der Waals surface area (Å²) in [5.41, 5.74) is 3.68. The standard InChI is InChI=1S/C14H27N5/c1-7-15-14(16-8-2)17-10(3)9-13-11(4)18-19(6)12(13)5/h10H,7-9H2,1-6H3,(H2,15,16,17). The van der Waals surface area contributed by atoms with Crippen LogP contribution >= 0.6 is 0 Å². The molecule has 1 heterocycles.